The number of hydrogen-bond donors (Lipinski definition) is 1. The largest absolute Gasteiger partial charge is 0.452 e. The number of nitrogens with one attached hydrogen (secondary N) is 1. The van der Waals surface area contributed by atoms with Gasteiger partial charge in [0.15, 0.2) is 6.61 Å². The third-order valence-electron chi connectivity index (χ3n) is 4.59. The van der Waals surface area contributed by atoms with Crippen molar-refractivity contribution in [3.05, 3.63) is 59.7 Å². The number of fused-ring (bicyclic) bond motifs is 1. The highest BCUT2D eigenvalue weighted by Gasteiger charge is 2.36. The van der Waals surface area contributed by atoms with Gasteiger partial charge >= 0.3 is 12.1 Å². The van der Waals surface area contributed by atoms with Crippen LogP contribution >= 0.6 is 0 Å². The van der Waals surface area contributed by atoms with Crippen molar-refractivity contribution in [2.75, 3.05) is 17.5 Å². The molecule has 31 heavy (non-hydrogen) atoms. The molecule has 1 amide bonds. The summed E-state index contributed by atoms with van der Waals surface area (Å²) in [5.41, 5.74) is 1.30. The number of alkyl halides is 3. The summed E-state index contributed by atoms with van der Waals surface area (Å²) in [6.45, 7) is -0.704. The van der Waals surface area contributed by atoms with Crippen LogP contribution in [-0.4, -0.2) is 45.7 Å². The normalized spacial score (nSPS) is 16.0. The van der Waals surface area contributed by atoms with Crippen molar-refractivity contribution in [2.45, 2.75) is 30.5 Å². The number of sulfonamides is 1. The molecule has 0 fully saturated rings. The molecule has 7 nitrogen and oxygen atoms in total. The number of halogens is 3. The van der Waals surface area contributed by atoms with E-state index in [1.807, 2.05) is 12.1 Å². The summed E-state index contributed by atoms with van der Waals surface area (Å²) in [6.07, 6.45) is -4.04. The van der Waals surface area contributed by atoms with Crippen LogP contribution in [0.25, 0.3) is 0 Å². The molecule has 0 aliphatic carbocycles. The summed E-state index contributed by atoms with van der Waals surface area (Å²) < 4.78 is 68.8. The molecule has 11 heteroatoms. The molecule has 0 bridgehead atoms. The number of para-hydroxylation sites is 1. The molecule has 2 aromatic rings. The van der Waals surface area contributed by atoms with Gasteiger partial charge in [-0.15, -0.1) is 0 Å². The Hall–Kier alpha value is -3.08. The lowest BCUT2D eigenvalue weighted by molar-refractivity contribution is -0.140. The number of carbonyl (C=O) groups is 2. The Morgan fingerprint density at radius 1 is 1.16 bits per heavy atom. The first-order chi connectivity index (χ1) is 14.5. The Balaban J connectivity index is 1.74. The average molecular weight is 456 g/mol. The van der Waals surface area contributed by atoms with Crippen molar-refractivity contribution in [3.8, 4) is 0 Å². The van der Waals surface area contributed by atoms with Gasteiger partial charge in [0.05, 0.1) is 16.1 Å². The summed E-state index contributed by atoms with van der Waals surface area (Å²) >= 11 is 0. The third-order valence-corrected chi connectivity index (χ3v) is 6.52. The Labute approximate surface area is 176 Å². The lowest BCUT2D eigenvalue weighted by Gasteiger charge is -2.24. The van der Waals surface area contributed by atoms with Crippen LogP contribution in [0, 0.1) is 0 Å². The van der Waals surface area contributed by atoms with E-state index in [2.05, 4.69) is 0 Å². The minimum Gasteiger partial charge on any atom is -0.452 e. The molecule has 0 unspecified atom stereocenters. The molecule has 0 radical (unpaired) electrons. The minimum absolute atomic E-state index is 0.146. The number of hydrogen-bond acceptors (Lipinski definition) is 5. The van der Waals surface area contributed by atoms with E-state index in [4.69, 9.17) is 4.74 Å². The van der Waals surface area contributed by atoms with Crippen LogP contribution in [0.4, 0.5) is 18.9 Å². The Kier molecular flexibility index (Phi) is 6.25. The summed E-state index contributed by atoms with van der Waals surface area (Å²) in [5, 5.41) is 1.57. The highest BCUT2D eigenvalue weighted by molar-refractivity contribution is 7.92. The summed E-state index contributed by atoms with van der Waals surface area (Å²) in [7, 11) is -3.99. The van der Waals surface area contributed by atoms with Crippen LogP contribution in [0.2, 0.25) is 0 Å². The van der Waals surface area contributed by atoms with Crippen molar-refractivity contribution in [3.63, 3.8) is 0 Å². The molecule has 0 saturated carbocycles. The second-order valence-corrected chi connectivity index (χ2v) is 8.79. The van der Waals surface area contributed by atoms with Gasteiger partial charge in [-0.1, -0.05) is 24.3 Å². The highest BCUT2D eigenvalue weighted by Crippen LogP contribution is 2.36. The Morgan fingerprint density at radius 3 is 2.58 bits per heavy atom. The van der Waals surface area contributed by atoms with Gasteiger partial charge in [-0.25, -0.2) is 13.2 Å². The molecular weight excluding hydrogens is 437 g/mol. The highest BCUT2D eigenvalue weighted by atomic mass is 32.2. The zero-order valence-corrected chi connectivity index (χ0v) is 17.2. The molecule has 1 aliphatic heterocycles. The molecule has 2 aromatic carbocycles. The van der Waals surface area contributed by atoms with Gasteiger partial charge < -0.3 is 10.1 Å². The SMILES string of the molecule is C[C@H]1Cc2ccccc2N1S(=O)(=O)c1cccc(C(=O)OCC(=O)NCC(F)(F)F)c1. The number of ether oxygens (including phenoxy) is 1. The number of esters is 1. The van der Waals surface area contributed by atoms with E-state index < -0.39 is 41.2 Å². The molecular formula is C20H19F3N2O5S. The summed E-state index contributed by atoms with van der Waals surface area (Å²) in [6, 6.07) is 11.9. The zero-order chi connectivity index (χ0) is 22.8. The fraction of sp³-hybridized carbons (Fsp3) is 0.300. The number of carbonyl (C=O) groups excluding carboxylic acids is 2. The third kappa shape index (κ3) is 5.16. The van der Waals surface area contributed by atoms with E-state index in [-0.39, 0.29) is 16.5 Å². The van der Waals surface area contributed by atoms with Crippen LogP contribution in [-0.2, 0) is 26.0 Å². The van der Waals surface area contributed by atoms with E-state index >= 15 is 0 Å². The first kappa shape index (κ1) is 22.6. The van der Waals surface area contributed by atoms with E-state index in [1.54, 1.807) is 24.4 Å². The van der Waals surface area contributed by atoms with E-state index in [0.29, 0.717) is 12.1 Å². The van der Waals surface area contributed by atoms with Crippen LogP contribution in [0.5, 0.6) is 0 Å². The molecule has 1 heterocycles. The number of anilines is 1. The van der Waals surface area contributed by atoms with Crippen LogP contribution in [0.3, 0.4) is 0 Å². The van der Waals surface area contributed by atoms with E-state index in [0.717, 1.165) is 11.6 Å². The van der Waals surface area contributed by atoms with Gasteiger partial charge in [0.25, 0.3) is 15.9 Å². The van der Waals surface area contributed by atoms with E-state index in [9.17, 15) is 31.2 Å². The van der Waals surface area contributed by atoms with E-state index in [1.165, 1.54) is 22.5 Å². The number of nitrogens with zero attached hydrogens (tertiary/aromatic N) is 1. The quantitative estimate of drug-likeness (QED) is 0.675. The van der Waals surface area contributed by atoms with Crippen molar-refractivity contribution >= 4 is 27.6 Å². The van der Waals surface area contributed by atoms with Gasteiger partial charge in [-0.05, 0) is 43.2 Å². The minimum atomic E-state index is -4.59. The zero-order valence-electron chi connectivity index (χ0n) is 16.3. The molecule has 0 spiro atoms. The fourth-order valence-electron chi connectivity index (χ4n) is 3.26. The van der Waals surface area contributed by atoms with Gasteiger partial charge in [-0.2, -0.15) is 13.2 Å². The summed E-state index contributed by atoms with van der Waals surface area (Å²) in [4.78, 5) is 23.4. The predicted octanol–water partition coefficient (Wildman–Crippen LogP) is 2.66. The Bertz CT molecular complexity index is 1100. The predicted molar refractivity (Wildman–Crippen MR) is 105 cm³/mol. The number of benzene rings is 2. The van der Waals surface area contributed by atoms with Gasteiger partial charge in [0.1, 0.15) is 6.54 Å². The molecule has 0 saturated heterocycles. The molecule has 1 N–H and O–H groups in total. The number of amides is 1. The summed E-state index contributed by atoms with van der Waals surface area (Å²) in [5.74, 6) is -2.16. The Morgan fingerprint density at radius 2 is 1.87 bits per heavy atom. The smallest absolute Gasteiger partial charge is 0.405 e. The van der Waals surface area contributed by atoms with Gasteiger partial charge in [0.2, 0.25) is 0 Å². The first-order valence-corrected chi connectivity index (χ1v) is 10.7. The van der Waals surface area contributed by atoms with Gasteiger partial charge in [0, 0.05) is 6.04 Å². The lowest BCUT2D eigenvalue weighted by atomic mass is 10.1. The van der Waals surface area contributed by atoms with Crippen molar-refractivity contribution < 1.29 is 35.9 Å². The fourth-order valence-corrected chi connectivity index (χ4v) is 5.00. The molecule has 0 aromatic heterocycles. The molecule has 166 valence electrons. The second-order valence-electron chi connectivity index (χ2n) is 6.98. The van der Waals surface area contributed by atoms with Crippen LogP contribution in [0.15, 0.2) is 53.4 Å². The topological polar surface area (TPSA) is 92.8 Å². The molecule has 1 atom stereocenters. The van der Waals surface area contributed by atoms with Crippen molar-refractivity contribution in [2.24, 2.45) is 0 Å². The first-order valence-electron chi connectivity index (χ1n) is 9.22. The van der Waals surface area contributed by atoms with Gasteiger partial charge in [-0.3, -0.25) is 9.10 Å². The maximum Gasteiger partial charge on any atom is 0.405 e. The number of rotatable bonds is 6. The average Bonchev–Trinajstić information content (AvgIpc) is 3.06. The lowest BCUT2D eigenvalue weighted by Crippen LogP contribution is -2.36. The second kappa shape index (κ2) is 8.58. The van der Waals surface area contributed by atoms with Crippen molar-refractivity contribution in [1.29, 1.82) is 0 Å². The standard InChI is InChI=1S/C20H19F3N2O5S/c1-13-9-14-5-2-3-8-17(14)25(13)31(28,29)16-7-4-6-15(10-16)19(27)30-11-18(26)24-12-20(21,22)23/h2-8,10,13H,9,11-12H2,1H3,(H,24,26)/t13-/m0/s1. The molecule has 3 rings (SSSR count). The van der Waals surface area contributed by atoms with Crippen molar-refractivity contribution in [1.82, 2.24) is 5.32 Å². The van der Waals surface area contributed by atoms with Crippen LogP contribution in [0.1, 0.15) is 22.8 Å². The van der Waals surface area contributed by atoms with Crippen LogP contribution < -0.4 is 9.62 Å². The monoisotopic (exact) mass is 456 g/mol. The maximum atomic E-state index is 13.2. The maximum absolute atomic E-state index is 13.2. The molecule has 1 aliphatic rings.